The number of carbonyl (C=O) groups excluding carboxylic acids is 2. The monoisotopic (exact) mass is 491 g/mol. The van der Waals surface area contributed by atoms with Gasteiger partial charge in [-0.2, -0.15) is 13.2 Å². The van der Waals surface area contributed by atoms with Crippen molar-refractivity contribution in [3.63, 3.8) is 0 Å². The summed E-state index contributed by atoms with van der Waals surface area (Å²) in [6.07, 6.45) is -4.71. The van der Waals surface area contributed by atoms with Crippen molar-refractivity contribution < 1.29 is 32.3 Å². The number of benzene rings is 4. The van der Waals surface area contributed by atoms with Crippen molar-refractivity contribution in [1.82, 2.24) is 0 Å². The Kier molecular flexibility index (Phi) is 5.59. The molecule has 1 N–H and O–H groups in total. The van der Waals surface area contributed by atoms with Crippen LogP contribution in [0.2, 0.25) is 0 Å². The van der Waals surface area contributed by atoms with Gasteiger partial charge in [-0.25, -0.2) is 4.39 Å². The van der Waals surface area contributed by atoms with Gasteiger partial charge < -0.3 is 5.11 Å². The zero-order valence-electron chi connectivity index (χ0n) is 18.5. The number of aliphatic hydroxyl groups is 1. The number of Topliss-reactive ketones (excluding diaryl/α,β-unsaturated/α-hetero) is 1. The summed E-state index contributed by atoms with van der Waals surface area (Å²) in [4.78, 5) is 27.3. The molecule has 1 saturated heterocycles. The number of fused-ring (bicyclic) bond motifs is 1. The third-order valence-corrected chi connectivity index (χ3v) is 6.14. The predicted octanol–water partition coefficient (Wildman–Crippen LogP) is 6.62. The average Bonchev–Trinajstić information content (AvgIpc) is 3.13. The second-order valence-electron chi connectivity index (χ2n) is 8.27. The van der Waals surface area contributed by atoms with Crippen LogP contribution in [0.4, 0.5) is 23.2 Å². The zero-order valence-corrected chi connectivity index (χ0v) is 18.5. The maximum atomic E-state index is 15.0. The molecule has 1 heterocycles. The van der Waals surface area contributed by atoms with Crippen molar-refractivity contribution in [2.45, 2.75) is 12.2 Å². The number of halogens is 4. The molecule has 36 heavy (non-hydrogen) atoms. The fraction of sp³-hybridized carbons (Fsp3) is 0.0714. The van der Waals surface area contributed by atoms with E-state index >= 15 is 4.39 Å². The molecular weight excluding hydrogens is 474 g/mol. The van der Waals surface area contributed by atoms with E-state index in [1.807, 2.05) is 0 Å². The van der Waals surface area contributed by atoms with Crippen LogP contribution in [0, 0.1) is 5.82 Å². The Labute approximate surface area is 202 Å². The Bertz CT molecular complexity index is 1550. The van der Waals surface area contributed by atoms with Gasteiger partial charge in [0.1, 0.15) is 11.6 Å². The summed E-state index contributed by atoms with van der Waals surface area (Å²) in [5.41, 5.74) is -1.62. The number of carbonyl (C=O) groups is 2. The first-order chi connectivity index (χ1) is 17.2. The fourth-order valence-corrected chi connectivity index (χ4v) is 4.50. The lowest BCUT2D eigenvalue weighted by molar-refractivity contribution is -0.137. The number of alkyl halides is 3. The van der Waals surface area contributed by atoms with Crippen LogP contribution in [-0.4, -0.2) is 16.8 Å². The molecule has 1 atom stereocenters. The van der Waals surface area contributed by atoms with Gasteiger partial charge in [0.15, 0.2) is 0 Å². The van der Waals surface area contributed by atoms with Gasteiger partial charge in [0.2, 0.25) is 0 Å². The zero-order chi connectivity index (χ0) is 25.6. The molecule has 4 nitrogen and oxygen atoms in total. The minimum atomic E-state index is -4.71. The number of rotatable bonds is 3. The average molecular weight is 491 g/mol. The summed E-state index contributed by atoms with van der Waals surface area (Å²) < 4.78 is 55.2. The van der Waals surface area contributed by atoms with Gasteiger partial charge in [0, 0.05) is 16.8 Å². The van der Waals surface area contributed by atoms with Crippen molar-refractivity contribution in [3.8, 4) is 0 Å². The quantitative estimate of drug-likeness (QED) is 0.152. The maximum absolute atomic E-state index is 15.0. The van der Waals surface area contributed by atoms with E-state index in [2.05, 4.69) is 0 Å². The first-order valence-corrected chi connectivity index (χ1v) is 10.9. The van der Waals surface area contributed by atoms with E-state index in [-0.39, 0.29) is 16.8 Å². The van der Waals surface area contributed by atoms with Gasteiger partial charge in [0.05, 0.1) is 17.2 Å². The molecule has 8 heteroatoms. The lowest BCUT2D eigenvalue weighted by Gasteiger charge is -2.26. The largest absolute Gasteiger partial charge is 0.507 e. The molecule has 1 unspecified atom stereocenters. The van der Waals surface area contributed by atoms with Gasteiger partial charge in [-0.3, -0.25) is 14.5 Å². The highest BCUT2D eigenvalue weighted by Crippen LogP contribution is 2.44. The molecular formula is C28H17F4NO3. The summed E-state index contributed by atoms with van der Waals surface area (Å²) in [7, 11) is 0. The number of nitrogens with zero attached hydrogens (tertiary/aromatic N) is 1. The first-order valence-electron chi connectivity index (χ1n) is 10.9. The molecule has 0 spiro atoms. The molecule has 0 aliphatic carbocycles. The molecule has 180 valence electrons. The van der Waals surface area contributed by atoms with Gasteiger partial charge >= 0.3 is 6.18 Å². The van der Waals surface area contributed by atoms with Crippen LogP contribution in [0.25, 0.3) is 16.5 Å². The van der Waals surface area contributed by atoms with E-state index in [1.165, 1.54) is 24.3 Å². The molecule has 1 aliphatic heterocycles. The predicted molar refractivity (Wildman–Crippen MR) is 127 cm³/mol. The summed E-state index contributed by atoms with van der Waals surface area (Å²) >= 11 is 0. The molecule has 1 amide bonds. The Hall–Kier alpha value is -4.46. The van der Waals surface area contributed by atoms with Crippen LogP contribution in [0.1, 0.15) is 22.7 Å². The van der Waals surface area contributed by atoms with Crippen LogP contribution >= 0.6 is 0 Å². The molecule has 4 aromatic rings. The Morgan fingerprint density at radius 3 is 2.25 bits per heavy atom. The SMILES string of the molecule is O=C1C(=O)N(c2cccc(C(F)(F)F)c2)C(c2ccccc2F)/C1=C(\O)c1cccc2ccccc12. The van der Waals surface area contributed by atoms with Crippen molar-refractivity contribution in [3.05, 3.63) is 119 Å². The number of ketones is 1. The summed E-state index contributed by atoms with van der Waals surface area (Å²) in [6.45, 7) is 0. The van der Waals surface area contributed by atoms with Gasteiger partial charge in [-0.1, -0.05) is 66.7 Å². The molecule has 4 aromatic carbocycles. The van der Waals surface area contributed by atoms with E-state index < -0.39 is 46.6 Å². The number of anilines is 1. The Morgan fingerprint density at radius 2 is 1.50 bits per heavy atom. The second-order valence-corrected chi connectivity index (χ2v) is 8.27. The molecule has 0 bridgehead atoms. The molecule has 0 saturated carbocycles. The highest BCUT2D eigenvalue weighted by Gasteiger charge is 2.48. The standard InChI is InChI=1S/C28H17F4NO3/c29-22-14-4-3-12-21(22)24-23(25(34)20-13-5-8-16-7-1-2-11-19(16)20)26(35)27(36)33(24)18-10-6-9-17(15-18)28(30,31)32/h1-15,24,34H/b25-23+. The number of hydrogen-bond donors (Lipinski definition) is 1. The Balaban J connectivity index is 1.79. The smallest absolute Gasteiger partial charge is 0.416 e. The summed E-state index contributed by atoms with van der Waals surface area (Å²) in [5.74, 6) is -3.64. The van der Waals surface area contributed by atoms with Crippen molar-refractivity contribution in [2.75, 3.05) is 4.90 Å². The van der Waals surface area contributed by atoms with E-state index in [0.29, 0.717) is 5.39 Å². The minimum absolute atomic E-state index is 0.143. The topological polar surface area (TPSA) is 57.6 Å². The highest BCUT2D eigenvalue weighted by molar-refractivity contribution is 6.51. The van der Waals surface area contributed by atoms with Crippen LogP contribution in [0.15, 0.2) is 96.6 Å². The lowest BCUT2D eigenvalue weighted by Crippen LogP contribution is -2.30. The normalized spacial score (nSPS) is 17.7. The van der Waals surface area contributed by atoms with Crippen LogP contribution in [-0.2, 0) is 15.8 Å². The fourth-order valence-electron chi connectivity index (χ4n) is 4.50. The second kappa shape index (κ2) is 8.64. The van der Waals surface area contributed by atoms with E-state index in [0.717, 1.165) is 34.6 Å². The lowest BCUT2D eigenvalue weighted by atomic mass is 9.93. The van der Waals surface area contributed by atoms with Gasteiger partial charge in [-0.15, -0.1) is 0 Å². The van der Waals surface area contributed by atoms with E-state index in [1.54, 1.807) is 42.5 Å². The molecule has 0 radical (unpaired) electrons. The van der Waals surface area contributed by atoms with Crippen LogP contribution in [0.3, 0.4) is 0 Å². The minimum Gasteiger partial charge on any atom is -0.507 e. The van der Waals surface area contributed by atoms with Crippen molar-refractivity contribution in [2.24, 2.45) is 0 Å². The summed E-state index contributed by atoms with van der Waals surface area (Å²) in [6, 6.07) is 19.7. The van der Waals surface area contributed by atoms with Crippen molar-refractivity contribution in [1.29, 1.82) is 0 Å². The number of aliphatic hydroxyl groups excluding tert-OH is 1. The van der Waals surface area contributed by atoms with Gasteiger partial charge in [-0.05, 0) is 35.0 Å². The van der Waals surface area contributed by atoms with Crippen LogP contribution < -0.4 is 4.90 Å². The number of amides is 1. The Morgan fingerprint density at radius 1 is 0.833 bits per heavy atom. The van der Waals surface area contributed by atoms with Crippen molar-refractivity contribution >= 4 is 33.9 Å². The molecule has 1 aliphatic rings. The van der Waals surface area contributed by atoms with E-state index in [4.69, 9.17) is 0 Å². The summed E-state index contributed by atoms with van der Waals surface area (Å²) in [5, 5.41) is 12.7. The molecule has 5 rings (SSSR count). The van der Waals surface area contributed by atoms with Gasteiger partial charge in [0.25, 0.3) is 11.7 Å². The van der Waals surface area contributed by atoms with Crippen LogP contribution in [0.5, 0.6) is 0 Å². The first kappa shape index (κ1) is 23.3. The number of hydrogen-bond acceptors (Lipinski definition) is 3. The highest BCUT2D eigenvalue weighted by atomic mass is 19.4. The molecule has 1 fully saturated rings. The third kappa shape index (κ3) is 3.80. The maximum Gasteiger partial charge on any atom is 0.416 e. The van der Waals surface area contributed by atoms with E-state index in [9.17, 15) is 27.9 Å². The molecule has 0 aromatic heterocycles. The third-order valence-electron chi connectivity index (χ3n) is 6.14.